The maximum Gasteiger partial charge on any atom is 0.253 e. The minimum atomic E-state index is 0.0787. The van der Waals surface area contributed by atoms with Crippen LogP contribution in [-0.4, -0.2) is 33.9 Å². The summed E-state index contributed by atoms with van der Waals surface area (Å²) in [4.78, 5) is 23.8. The molecule has 0 radical (unpaired) electrons. The predicted octanol–water partition coefficient (Wildman–Crippen LogP) is 3.23. The lowest BCUT2D eigenvalue weighted by molar-refractivity contribution is 0.0787. The van der Waals surface area contributed by atoms with Gasteiger partial charge in [-0.25, -0.2) is 9.97 Å². The Morgan fingerprint density at radius 2 is 2.12 bits per heavy atom. The number of amides is 1. The number of fused-ring (bicyclic) bond motifs is 1. The van der Waals surface area contributed by atoms with Crippen LogP contribution in [0.15, 0.2) is 48.7 Å². The fraction of sp³-hybridized carbons (Fsp3) is 0.286. The predicted molar refractivity (Wildman–Crippen MR) is 103 cm³/mol. The van der Waals surface area contributed by atoms with Crippen LogP contribution in [-0.2, 0) is 6.42 Å². The molecule has 0 spiro atoms. The Morgan fingerprint density at radius 3 is 2.96 bits per heavy atom. The van der Waals surface area contributed by atoms with E-state index in [1.807, 2.05) is 54.4 Å². The molecule has 1 fully saturated rings. The van der Waals surface area contributed by atoms with Gasteiger partial charge >= 0.3 is 0 Å². The Kier molecular flexibility index (Phi) is 4.29. The molecule has 5 heteroatoms. The van der Waals surface area contributed by atoms with Crippen LogP contribution in [0.5, 0.6) is 0 Å². The topological polar surface area (TPSA) is 72.1 Å². The quantitative estimate of drug-likeness (QED) is 0.739. The van der Waals surface area contributed by atoms with Crippen molar-refractivity contribution >= 4 is 22.5 Å². The lowest BCUT2D eigenvalue weighted by Gasteiger charge is -2.17. The minimum absolute atomic E-state index is 0.0787. The third kappa shape index (κ3) is 3.25. The summed E-state index contributed by atoms with van der Waals surface area (Å²) < 4.78 is 0. The highest BCUT2D eigenvalue weighted by molar-refractivity contribution is 5.95. The van der Waals surface area contributed by atoms with Crippen molar-refractivity contribution in [1.29, 1.82) is 0 Å². The average molecular weight is 346 g/mol. The second kappa shape index (κ2) is 6.75. The molecule has 0 bridgehead atoms. The summed E-state index contributed by atoms with van der Waals surface area (Å²) >= 11 is 0. The van der Waals surface area contributed by atoms with Crippen molar-refractivity contribution < 1.29 is 4.79 Å². The van der Waals surface area contributed by atoms with Crippen molar-refractivity contribution in [3.05, 3.63) is 65.6 Å². The molecule has 5 nitrogen and oxygen atoms in total. The van der Waals surface area contributed by atoms with E-state index >= 15 is 0 Å². The van der Waals surface area contributed by atoms with Gasteiger partial charge in [0.05, 0.1) is 5.52 Å². The number of hydrogen-bond acceptors (Lipinski definition) is 4. The van der Waals surface area contributed by atoms with Crippen LogP contribution in [0.4, 0.5) is 5.69 Å². The Morgan fingerprint density at radius 1 is 1.27 bits per heavy atom. The highest BCUT2D eigenvalue weighted by Gasteiger charge is 2.27. The average Bonchev–Trinajstić information content (AvgIpc) is 3.12. The largest absolute Gasteiger partial charge is 0.399 e. The Balaban J connectivity index is 1.44. The Labute approximate surface area is 152 Å². The highest BCUT2D eigenvalue weighted by atomic mass is 16.2. The summed E-state index contributed by atoms with van der Waals surface area (Å²) in [5.41, 5.74) is 9.19. The van der Waals surface area contributed by atoms with Gasteiger partial charge in [0, 0.05) is 42.3 Å². The molecule has 0 aliphatic carbocycles. The van der Waals surface area contributed by atoms with Crippen LogP contribution in [0.2, 0.25) is 0 Å². The van der Waals surface area contributed by atoms with E-state index in [-0.39, 0.29) is 5.91 Å². The number of aromatic nitrogens is 2. The van der Waals surface area contributed by atoms with Crippen molar-refractivity contribution in [2.45, 2.75) is 19.8 Å². The first-order valence-corrected chi connectivity index (χ1v) is 8.96. The number of nitrogen functional groups attached to an aromatic ring is 1. The molecule has 132 valence electrons. The van der Waals surface area contributed by atoms with Gasteiger partial charge in [-0.3, -0.25) is 4.79 Å². The molecule has 1 aliphatic rings. The number of rotatable bonds is 3. The molecule has 0 unspecified atom stereocenters. The number of aryl methyl sites for hydroxylation is 1. The molecule has 1 saturated heterocycles. The monoisotopic (exact) mass is 346 g/mol. The van der Waals surface area contributed by atoms with Crippen LogP contribution in [0.25, 0.3) is 10.9 Å². The van der Waals surface area contributed by atoms with E-state index in [1.165, 1.54) is 0 Å². The molecule has 4 rings (SSSR count). The molecule has 26 heavy (non-hydrogen) atoms. The number of nitrogens with zero attached hydrogens (tertiary/aromatic N) is 3. The highest BCUT2D eigenvalue weighted by Crippen LogP contribution is 2.23. The number of carbonyl (C=O) groups is 1. The zero-order valence-corrected chi connectivity index (χ0v) is 14.9. The summed E-state index contributed by atoms with van der Waals surface area (Å²) in [6, 6.07) is 13.5. The molecular weight excluding hydrogens is 324 g/mol. The normalized spacial score (nSPS) is 17.0. The van der Waals surface area contributed by atoms with E-state index in [0.29, 0.717) is 17.2 Å². The summed E-state index contributed by atoms with van der Waals surface area (Å²) in [5.74, 6) is 1.33. The first kappa shape index (κ1) is 16.5. The van der Waals surface area contributed by atoms with Crippen molar-refractivity contribution in [1.82, 2.24) is 14.9 Å². The third-order valence-corrected chi connectivity index (χ3v) is 5.10. The summed E-state index contributed by atoms with van der Waals surface area (Å²) in [5, 5.41) is 1.05. The number of anilines is 1. The SMILES string of the molecule is Cc1cc(C(=O)N2CC[C@@H](Cc3ncc4ccccc4n3)C2)ccc1N. The molecule has 1 aliphatic heterocycles. The van der Waals surface area contributed by atoms with E-state index in [0.717, 1.165) is 48.2 Å². The van der Waals surface area contributed by atoms with Crippen LogP contribution in [0, 0.1) is 12.8 Å². The Bertz CT molecular complexity index is 969. The van der Waals surface area contributed by atoms with Crippen LogP contribution in [0.3, 0.4) is 0 Å². The minimum Gasteiger partial charge on any atom is -0.399 e. The van der Waals surface area contributed by atoms with Gasteiger partial charge in [-0.05, 0) is 49.1 Å². The summed E-state index contributed by atoms with van der Waals surface area (Å²) in [7, 11) is 0. The smallest absolute Gasteiger partial charge is 0.253 e. The number of carbonyl (C=O) groups excluding carboxylic acids is 1. The molecule has 2 aromatic carbocycles. The standard InChI is InChI=1S/C21H22N4O/c1-14-10-16(6-7-18(14)22)21(26)25-9-8-15(13-25)11-20-23-12-17-4-2-3-5-19(17)24-20/h2-7,10,12,15H,8-9,11,13,22H2,1H3/t15-/m0/s1. The number of hydrogen-bond donors (Lipinski definition) is 1. The fourth-order valence-corrected chi connectivity index (χ4v) is 3.54. The third-order valence-electron chi connectivity index (χ3n) is 5.10. The van der Waals surface area contributed by atoms with Gasteiger partial charge in [0.2, 0.25) is 0 Å². The van der Waals surface area contributed by atoms with Gasteiger partial charge in [0.1, 0.15) is 5.82 Å². The van der Waals surface area contributed by atoms with Crippen molar-refractivity contribution in [3.8, 4) is 0 Å². The molecule has 1 atom stereocenters. The lowest BCUT2D eigenvalue weighted by Crippen LogP contribution is -2.29. The lowest BCUT2D eigenvalue weighted by atomic mass is 10.0. The molecule has 3 aromatic rings. The number of likely N-dealkylation sites (tertiary alicyclic amines) is 1. The van der Waals surface area contributed by atoms with Gasteiger partial charge in [0.15, 0.2) is 0 Å². The van der Waals surface area contributed by atoms with Crippen LogP contribution in [0.1, 0.15) is 28.2 Å². The van der Waals surface area contributed by atoms with Crippen molar-refractivity contribution in [2.75, 3.05) is 18.8 Å². The van der Waals surface area contributed by atoms with E-state index in [2.05, 4.69) is 9.97 Å². The maximum atomic E-state index is 12.7. The van der Waals surface area contributed by atoms with E-state index in [4.69, 9.17) is 5.73 Å². The molecule has 2 N–H and O–H groups in total. The zero-order valence-electron chi connectivity index (χ0n) is 14.9. The Hall–Kier alpha value is -2.95. The fourth-order valence-electron chi connectivity index (χ4n) is 3.54. The van der Waals surface area contributed by atoms with Gasteiger partial charge in [-0.1, -0.05) is 18.2 Å². The van der Waals surface area contributed by atoms with Gasteiger partial charge in [-0.2, -0.15) is 0 Å². The van der Waals surface area contributed by atoms with Crippen molar-refractivity contribution in [2.24, 2.45) is 5.92 Å². The van der Waals surface area contributed by atoms with Crippen LogP contribution >= 0.6 is 0 Å². The van der Waals surface area contributed by atoms with Gasteiger partial charge < -0.3 is 10.6 Å². The van der Waals surface area contributed by atoms with Gasteiger partial charge in [0.25, 0.3) is 5.91 Å². The molecule has 1 amide bonds. The number of nitrogens with two attached hydrogens (primary N) is 1. The second-order valence-corrected chi connectivity index (χ2v) is 7.03. The second-order valence-electron chi connectivity index (χ2n) is 7.03. The van der Waals surface area contributed by atoms with E-state index < -0.39 is 0 Å². The zero-order chi connectivity index (χ0) is 18.1. The van der Waals surface area contributed by atoms with E-state index in [1.54, 1.807) is 6.07 Å². The molecule has 0 saturated carbocycles. The van der Waals surface area contributed by atoms with Gasteiger partial charge in [-0.15, -0.1) is 0 Å². The summed E-state index contributed by atoms with van der Waals surface area (Å²) in [6.45, 7) is 3.45. The number of benzene rings is 2. The number of para-hydroxylation sites is 1. The molecule has 1 aromatic heterocycles. The van der Waals surface area contributed by atoms with E-state index in [9.17, 15) is 4.79 Å². The molecule has 2 heterocycles. The first-order valence-electron chi connectivity index (χ1n) is 8.96. The molecular formula is C21H22N4O. The van der Waals surface area contributed by atoms with Crippen LogP contribution < -0.4 is 5.73 Å². The van der Waals surface area contributed by atoms with Crippen molar-refractivity contribution in [3.63, 3.8) is 0 Å². The summed E-state index contributed by atoms with van der Waals surface area (Å²) in [6.07, 6.45) is 3.66. The first-order chi connectivity index (χ1) is 12.6. The maximum absolute atomic E-state index is 12.7.